The SMILES string of the molecule is C[C@H]1[C@H]([Si](C)(C)F)[C@@H](CC(=O)N2Cc3ccccc3C[C@H]2CO)O[C@H]1CCc1cccc(N2CCNCC2=O)c1. The molecule has 2 aromatic carbocycles. The number of carbonyl (C=O) groups is 2. The fraction of sp³-hybridized carbons (Fsp3) is 0.548. The van der Waals surface area contributed by atoms with Gasteiger partial charge < -0.3 is 29.1 Å². The van der Waals surface area contributed by atoms with Crippen molar-refractivity contribution in [3.63, 3.8) is 0 Å². The Labute approximate surface area is 237 Å². The normalized spacial score (nSPS) is 27.1. The molecule has 3 aliphatic heterocycles. The van der Waals surface area contributed by atoms with Gasteiger partial charge in [0.1, 0.15) is 0 Å². The standard InChI is InChI=1S/C31H42FN3O4Si/c1-21-27(12-11-22-7-6-10-25(15-22)34-14-13-33-18-30(34)38)39-28(31(21)40(2,3)32)17-29(37)35-19-24-9-5-4-8-23(24)16-26(35)20-36/h4-10,15,21,26-28,31,33,36H,11-14,16-20H2,1-3H3/t21-,26+,27+,28-,31+/m1/s1. The molecule has 0 unspecified atom stereocenters. The van der Waals surface area contributed by atoms with Gasteiger partial charge in [0.05, 0.1) is 37.8 Å². The first-order valence-electron chi connectivity index (χ1n) is 14.6. The average Bonchev–Trinajstić information content (AvgIpc) is 3.26. The van der Waals surface area contributed by atoms with E-state index in [9.17, 15) is 14.7 Å². The summed E-state index contributed by atoms with van der Waals surface area (Å²) in [6, 6.07) is 15.8. The van der Waals surface area contributed by atoms with E-state index in [1.54, 1.807) is 18.0 Å². The summed E-state index contributed by atoms with van der Waals surface area (Å²) in [7, 11) is -3.13. The van der Waals surface area contributed by atoms with Crippen LogP contribution in [0.25, 0.3) is 0 Å². The monoisotopic (exact) mass is 567 g/mol. The largest absolute Gasteiger partial charge is 0.394 e. The molecule has 7 nitrogen and oxygen atoms in total. The Balaban J connectivity index is 1.26. The molecule has 2 N–H and O–H groups in total. The number of anilines is 1. The zero-order valence-corrected chi connectivity index (χ0v) is 24.8. The molecule has 5 rings (SSSR count). The zero-order chi connectivity index (χ0) is 28.4. The van der Waals surface area contributed by atoms with Gasteiger partial charge in [-0.15, -0.1) is 0 Å². The zero-order valence-electron chi connectivity index (χ0n) is 23.8. The predicted octanol–water partition coefficient (Wildman–Crippen LogP) is 3.84. The molecule has 0 spiro atoms. The fourth-order valence-electron chi connectivity index (χ4n) is 6.98. The first-order chi connectivity index (χ1) is 19.2. The molecule has 2 aromatic rings. The molecule has 0 aromatic heterocycles. The quantitative estimate of drug-likeness (QED) is 0.374. The summed E-state index contributed by atoms with van der Waals surface area (Å²) < 4.78 is 22.2. The van der Waals surface area contributed by atoms with Crippen LogP contribution in [0.2, 0.25) is 18.6 Å². The van der Waals surface area contributed by atoms with Gasteiger partial charge in [0, 0.05) is 30.9 Å². The van der Waals surface area contributed by atoms with E-state index < -0.39 is 14.5 Å². The van der Waals surface area contributed by atoms with Crippen LogP contribution in [0.5, 0.6) is 0 Å². The number of aliphatic hydroxyl groups excluding tert-OH is 1. The van der Waals surface area contributed by atoms with Crippen LogP contribution >= 0.6 is 0 Å². The number of fused-ring (bicyclic) bond motifs is 1. The highest BCUT2D eigenvalue weighted by atomic mass is 28.4. The highest BCUT2D eigenvalue weighted by molar-refractivity contribution is 6.72. The lowest BCUT2D eigenvalue weighted by atomic mass is 9.93. The van der Waals surface area contributed by atoms with Crippen LogP contribution in [0, 0.1) is 5.92 Å². The van der Waals surface area contributed by atoms with Crippen molar-refractivity contribution in [2.24, 2.45) is 5.92 Å². The second-order valence-electron chi connectivity index (χ2n) is 12.1. The van der Waals surface area contributed by atoms with Gasteiger partial charge in [0.15, 0.2) is 0 Å². The topological polar surface area (TPSA) is 82.1 Å². The van der Waals surface area contributed by atoms with Crippen molar-refractivity contribution in [3.05, 3.63) is 65.2 Å². The molecule has 0 radical (unpaired) electrons. The van der Waals surface area contributed by atoms with E-state index in [0.717, 1.165) is 41.8 Å². The van der Waals surface area contributed by atoms with Crippen LogP contribution in [0.1, 0.15) is 36.5 Å². The Morgan fingerprint density at radius 1 is 1.15 bits per heavy atom. The Hall–Kier alpha value is -2.59. The van der Waals surface area contributed by atoms with Crippen molar-refractivity contribution in [3.8, 4) is 0 Å². The Kier molecular flexibility index (Phi) is 8.75. The lowest BCUT2D eigenvalue weighted by molar-refractivity contribution is -0.138. The van der Waals surface area contributed by atoms with E-state index >= 15 is 4.11 Å². The maximum Gasteiger partial charge on any atom is 0.246 e. The minimum absolute atomic E-state index is 0.00174. The summed E-state index contributed by atoms with van der Waals surface area (Å²) in [5.41, 5.74) is 4.00. The lowest BCUT2D eigenvalue weighted by Crippen LogP contribution is -2.48. The van der Waals surface area contributed by atoms with Crippen LogP contribution in [0.3, 0.4) is 0 Å². The molecule has 2 saturated heterocycles. The molecule has 3 heterocycles. The Morgan fingerprint density at radius 2 is 1.93 bits per heavy atom. The van der Waals surface area contributed by atoms with Gasteiger partial charge in [0.2, 0.25) is 20.2 Å². The molecule has 216 valence electrons. The van der Waals surface area contributed by atoms with E-state index in [4.69, 9.17) is 4.74 Å². The molecule has 2 amide bonds. The molecule has 2 fully saturated rings. The number of hydrogen-bond donors (Lipinski definition) is 2. The number of nitrogens with one attached hydrogen (secondary N) is 1. The number of nitrogens with zero attached hydrogens (tertiary/aromatic N) is 2. The van der Waals surface area contributed by atoms with E-state index in [2.05, 4.69) is 30.4 Å². The minimum atomic E-state index is -3.13. The van der Waals surface area contributed by atoms with E-state index in [1.165, 1.54) is 0 Å². The van der Waals surface area contributed by atoms with Gasteiger partial charge in [-0.1, -0.05) is 43.3 Å². The molecule has 5 atom stereocenters. The maximum absolute atomic E-state index is 15.7. The van der Waals surface area contributed by atoms with Crippen molar-refractivity contribution in [1.82, 2.24) is 10.2 Å². The van der Waals surface area contributed by atoms with Gasteiger partial charge in [-0.05, 0) is 67.1 Å². The first kappa shape index (κ1) is 28.9. The van der Waals surface area contributed by atoms with E-state index in [0.29, 0.717) is 26.1 Å². The molecular formula is C31H42FN3O4Si. The van der Waals surface area contributed by atoms with Crippen LogP contribution in [-0.2, 0) is 33.7 Å². The number of ether oxygens (including phenoxy) is 1. The Bertz CT molecular complexity index is 1220. The van der Waals surface area contributed by atoms with Gasteiger partial charge in [-0.3, -0.25) is 9.59 Å². The van der Waals surface area contributed by atoms with Crippen molar-refractivity contribution in [2.75, 3.05) is 31.1 Å². The molecule has 3 aliphatic rings. The third-order valence-corrected chi connectivity index (χ3v) is 11.5. The third-order valence-electron chi connectivity index (χ3n) is 8.99. The van der Waals surface area contributed by atoms with Crippen LogP contribution in [-0.4, -0.2) is 74.7 Å². The van der Waals surface area contributed by atoms with Gasteiger partial charge >= 0.3 is 0 Å². The number of hydrogen-bond acceptors (Lipinski definition) is 5. The summed E-state index contributed by atoms with van der Waals surface area (Å²) in [5.74, 6) is -0.0107. The van der Waals surface area contributed by atoms with Crippen LogP contribution in [0.4, 0.5) is 9.80 Å². The number of aliphatic hydroxyl groups is 1. The number of amides is 2. The highest BCUT2D eigenvalue weighted by Crippen LogP contribution is 2.47. The van der Waals surface area contributed by atoms with E-state index in [-0.39, 0.29) is 48.4 Å². The predicted molar refractivity (Wildman–Crippen MR) is 156 cm³/mol. The summed E-state index contributed by atoms with van der Waals surface area (Å²) in [6.45, 7) is 7.64. The number of halogens is 1. The lowest BCUT2D eigenvalue weighted by Gasteiger charge is -2.37. The number of rotatable bonds is 8. The average molecular weight is 568 g/mol. The van der Waals surface area contributed by atoms with Crippen molar-refractivity contribution in [2.45, 2.75) is 76.0 Å². The third kappa shape index (κ3) is 6.17. The smallest absolute Gasteiger partial charge is 0.246 e. The molecule has 40 heavy (non-hydrogen) atoms. The first-order valence-corrected chi connectivity index (χ1v) is 17.5. The number of piperazine rings is 1. The van der Waals surface area contributed by atoms with Crippen LogP contribution in [0.15, 0.2) is 48.5 Å². The number of carbonyl (C=O) groups excluding carboxylic acids is 2. The summed E-state index contributed by atoms with van der Waals surface area (Å²) in [6.07, 6.45) is 1.60. The maximum atomic E-state index is 15.7. The van der Waals surface area contributed by atoms with Crippen LogP contribution < -0.4 is 10.2 Å². The summed E-state index contributed by atoms with van der Waals surface area (Å²) in [4.78, 5) is 29.5. The minimum Gasteiger partial charge on any atom is -0.394 e. The number of benzene rings is 2. The number of aryl methyl sites for hydroxylation is 1. The Morgan fingerprint density at radius 3 is 2.65 bits per heavy atom. The molecule has 0 aliphatic carbocycles. The van der Waals surface area contributed by atoms with Gasteiger partial charge in [-0.25, -0.2) is 0 Å². The molecule has 0 saturated carbocycles. The summed E-state index contributed by atoms with van der Waals surface area (Å²) >= 11 is 0. The van der Waals surface area contributed by atoms with Crippen molar-refractivity contribution < 1.29 is 23.5 Å². The summed E-state index contributed by atoms with van der Waals surface area (Å²) in [5, 5.41) is 13.2. The second-order valence-corrected chi connectivity index (χ2v) is 15.9. The van der Waals surface area contributed by atoms with Crippen molar-refractivity contribution in [1.29, 1.82) is 0 Å². The van der Waals surface area contributed by atoms with Crippen molar-refractivity contribution >= 4 is 25.9 Å². The van der Waals surface area contributed by atoms with E-state index in [1.807, 2.05) is 35.2 Å². The molecular weight excluding hydrogens is 525 g/mol. The fourth-order valence-corrected chi connectivity index (χ4v) is 9.52. The molecule has 9 heteroatoms. The molecule has 0 bridgehead atoms. The van der Waals surface area contributed by atoms with Gasteiger partial charge in [-0.2, -0.15) is 0 Å². The second kappa shape index (κ2) is 12.1. The van der Waals surface area contributed by atoms with Gasteiger partial charge in [0.25, 0.3) is 0 Å². The highest BCUT2D eigenvalue weighted by Gasteiger charge is 2.52.